The van der Waals surface area contributed by atoms with Gasteiger partial charge >= 0.3 is 11.9 Å². The smallest absolute Gasteiger partial charge is 0.321 e. The third kappa shape index (κ3) is 2.58. The van der Waals surface area contributed by atoms with Crippen molar-refractivity contribution in [1.29, 1.82) is 0 Å². The fourth-order valence-corrected chi connectivity index (χ4v) is 2.40. The summed E-state index contributed by atoms with van der Waals surface area (Å²) < 4.78 is 20.5. The first-order chi connectivity index (χ1) is 10.0. The molecule has 0 amide bonds. The van der Waals surface area contributed by atoms with Gasteiger partial charge in [-0.15, -0.1) is 0 Å². The second-order valence-electron chi connectivity index (χ2n) is 4.51. The van der Waals surface area contributed by atoms with E-state index in [9.17, 15) is 14.7 Å². The monoisotopic (exact) mass is 296 g/mol. The fourth-order valence-electron chi connectivity index (χ4n) is 2.40. The lowest BCUT2D eigenvalue weighted by atomic mass is 9.88. The number of cyclic esters (lactones) is 1. The molecule has 1 saturated heterocycles. The molecule has 7 nitrogen and oxygen atoms in total. The van der Waals surface area contributed by atoms with E-state index < -0.39 is 23.8 Å². The zero-order valence-electron chi connectivity index (χ0n) is 11.9. The molecule has 1 aromatic rings. The normalized spacial score (nSPS) is 20.8. The molecule has 0 aromatic heterocycles. The number of aliphatic carboxylic acids is 1. The van der Waals surface area contributed by atoms with Gasteiger partial charge in [-0.2, -0.15) is 0 Å². The highest BCUT2D eigenvalue weighted by molar-refractivity contribution is 5.96. The molecule has 1 fully saturated rings. The molecule has 2 rings (SSSR count). The Hall–Kier alpha value is -2.44. The van der Waals surface area contributed by atoms with E-state index in [4.69, 9.17) is 18.9 Å². The Balaban J connectivity index is 2.49. The first-order valence-corrected chi connectivity index (χ1v) is 6.22. The minimum absolute atomic E-state index is 0.00837. The SMILES string of the molecule is COc1cc([C@@H]2COC(=O)[C@H]2C(=O)O)cc(OC)c1OC. The molecular weight excluding hydrogens is 280 g/mol. The molecule has 114 valence electrons. The van der Waals surface area contributed by atoms with Crippen LogP contribution in [-0.4, -0.2) is 45.0 Å². The summed E-state index contributed by atoms with van der Waals surface area (Å²) in [5.74, 6) is -2.57. The van der Waals surface area contributed by atoms with Crippen LogP contribution in [-0.2, 0) is 14.3 Å². The summed E-state index contributed by atoms with van der Waals surface area (Å²) >= 11 is 0. The molecule has 1 aliphatic heterocycles. The molecule has 0 unspecified atom stereocenters. The first kappa shape index (κ1) is 15.0. The first-order valence-electron chi connectivity index (χ1n) is 6.22. The standard InChI is InChI=1S/C14H16O7/c1-18-9-4-7(5-10(19-2)12(9)20-3)8-6-21-14(17)11(8)13(15)16/h4-5,8,11H,6H2,1-3H3,(H,15,16)/t8-,11+/m0/s1. The second kappa shape index (κ2) is 5.90. The molecule has 1 aromatic carbocycles. The van der Waals surface area contributed by atoms with Gasteiger partial charge in [0.1, 0.15) is 0 Å². The fraction of sp³-hybridized carbons (Fsp3) is 0.429. The van der Waals surface area contributed by atoms with Crippen LogP contribution in [0.3, 0.4) is 0 Å². The van der Waals surface area contributed by atoms with Crippen LogP contribution in [0.2, 0.25) is 0 Å². The molecule has 2 atom stereocenters. The number of carbonyl (C=O) groups excluding carboxylic acids is 1. The molecule has 0 bridgehead atoms. The number of hydrogen-bond acceptors (Lipinski definition) is 6. The molecule has 1 N–H and O–H groups in total. The van der Waals surface area contributed by atoms with Gasteiger partial charge < -0.3 is 24.1 Å². The van der Waals surface area contributed by atoms with Crippen LogP contribution in [0, 0.1) is 5.92 Å². The van der Waals surface area contributed by atoms with Crippen LogP contribution in [0.5, 0.6) is 17.2 Å². The minimum Gasteiger partial charge on any atom is -0.493 e. The number of ether oxygens (including phenoxy) is 4. The van der Waals surface area contributed by atoms with E-state index in [1.807, 2.05) is 0 Å². The summed E-state index contributed by atoms with van der Waals surface area (Å²) in [6, 6.07) is 3.26. The maximum atomic E-state index is 11.5. The van der Waals surface area contributed by atoms with Gasteiger partial charge in [0.2, 0.25) is 5.75 Å². The summed E-state index contributed by atoms with van der Waals surface area (Å²) in [4.78, 5) is 22.8. The van der Waals surface area contributed by atoms with Crippen LogP contribution < -0.4 is 14.2 Å². The Morgan fingerprint density at radius 3 is 2.19 bits per heavy atom. The van der Waals surface area contributed by atoms with Crippen LogP contribution in [0.1, 0.15) is 11.5 Å². The number of rotatable bonds is 5. The minimum atomic E-state index is -1.23. The van der Waals surface area contributed by atoms with Crippen molar-refractivity contribution in [3.05, 3.63) is 17.7 Å². The average molecular weight is 296 g/mol. The average Bonchev–Trinajstić information content (AvgIpc) is 2.87. The van der Waals surface area contributed by atoms with Crippen molar-refractivity contribution >= 4 is 11.9 Å². The predicted molar refractivity (Wildman–Crippen MR) is 70.9 cm³/mol. The zero-order valence-corrected chi connectivity index (χ0v) is 11.9. The molecule has 0 saturated carbocycles. The van der Waals surface area contributed by atoms with Gasteiger partial charge in [0.05, 0.1) is 27.9 Å². The molecule has 7 heteroatoms. The van der Waals surface area contributed by atoms with E-state index >= 15 is 0 Å². The lowest BCUT2D eigenvalue weighted by Crippen LogP contribution is -2.24. The summed E-state index contributed by atoms with van der Waals surface area (Å²) in [7, 11) is 4.40. The van der Waals surface area contributed by atoms with Crippen molar-refractivity contribution < 1.29 is 33.6 Å². The highest BCUT2D eigenvalue weighted by Gasteiger charge is 2.43. The topological polar surface area (TPSA) is 91.3 Å². The molecule has 0 radical (unpaired) electrons. The molecule has 21 heavy (non-hydrogen) atoms. The quantitative estimate of drug-likeness (QED) is 0.641. The Morgan fingerprint density at radius 2 is 1.76 bits per heavy atom. The molecular formula is C14H16O7. The van der Waals surface area contributed by atoms with Crippen LogP contribution in [0.4, 0.5) is 0 Å². The van der Waals surface area contributed by atoms with Crippen molar-refractivity contribution in [3.8, 4) is 17.2 Å². The highest BCUT2D eigenvalue weighted by atomic mass is 16.5. The Morgan fingerprint density at radius 1 is 1.19 bits per heavy atom. The molecule has 0 aliphatic carbocycles. The van der Waals surface area contributed by atoms with Gasteiger partial charge in [-0.25, -0.2) is 0 Å². The highest BCUT2D eigenvalue weighted by Crippen LogP contribution is 2.42. The van der Waals surface area contributed by atoms with E-state index in [0.717, 1.165) is 0 Å². The van der Waals surface area contributed by atoms with Gasteiger partial charge in [0.15, 0.2) is 17.4 Å². The molecule has 1 aliphatic rings. The zero-order chi connectivity index (χ0) is 15.6. The van der Waals surface area contributed by atoms with E-state index in [-0.39, 0.29) is 6.61 Å². The summed E-state index contributed by atoms with van der Waals surface area (Å²) in [6.45, 7) is 0.00837. The van der Waals surface area contributed by atoms with E-state index in [1.165, 1.54) is 21.3 Å². The van der Waals surface area contributed by atoms with Gasteiger partial charge in [0, 0.05) is 5.92 Å². The van der Waals surface area contributed by atoms with Crippen molar-refractivity contribution in [2.24, 2.45) is 5.92 Å². The van der Waals surface area contributed by atoms with Crippen molar-refractivity contribution in [2.75, 3.05) is 27.9 Å². The van der Waals surface area contributed by atoms with Crippen LogP contribution in [0.25, 0.3) is 0 Å². The van der Waals surface area contributed by atoms with Gasteiger partial charge in [0.25, 0.3) is 0 Å². The lowest BCUT2D eigenvalue weighted by molar-refractivity contribution is -0.152. The summed E-state index contributed by atoms with van der Waals surface area (Å²) in [5, 5.41) is 9.18. The van der Waals surface area contributed by atoms with Gasteiger partial charge in [-0.3, -0.25) is 9.59 Å². The number of carboxylic acids is 1. The Labute approximate surface area is 121 Å². The number of methoxy groups -OCH3 is 3. The van der Waals surface area contributed by atoms with E-state index in [2.05, 4.69) is 0 Å². The Kier molecular flexibility index (Phi) is 4.21. The lowest BCUT2D eigenvalue weighted by Gasteiger charge is -2.17. The maximum absolute atomic E-state index is 11.5. The Bertz CT molecular complexity index is 541. The predicted octanol–water partition coefficient (Wildman–Crippen LogP) is 1.05. The third-order valence-electron chi connectivity index (χ3n) is 3.44. The van der Waals surface area contributed by atoms with Gasteiger partial charge in [-0.1, -0.05) is 0 Å². The number of carboxylic acid groups (broad SMARTS) is 1. The van der Waals surface area contributed by atoms with Crippen molar-refractivity contribution in [2.45, 2.75) is 5.92 Å². The summed E-state index contributed by atoms with van der Waals surface area (Å²) in [5.41, 5.74) is 0.586. The van der Waals surface area contributed by atoms with Crippen molar-refractivity contribution in [3.63, 3.8) is 0 Å². The molecule has 0 spiro atoms. The van der Waals surface area contributed by atoms with Gasteiger partial charge in [-0.05, 0) is 17.7 Å². The molecule has 1 heterocycles. The van der Waals surface area contributed by atoms with Crippen LogP contribution >= 0.6 is 0 Å². The second-order valence-corrected chi connectivity index (χ2v) is 4.51. The van der Waals surface area contributed by atoms with E-state index in [1.54, 1.807) is 12.1 Å². The number of carbonyl (C=O) groups is 2. The largest absolute Gasteiger partial charge is 0.493 e. The van der Waals surface area contributed by atoms with Crippen LogP contribution in [0.15, 0.2) is 12.1 Å². The maximum Gasteiger partial charge on any atom is 0.321 e. The van der Waals surface area contributed by atoms with E-state index in [0.29, 0.717) is 22.8 Å². The number of benzene rings is 1. The number of hydrogen-bond donors (Lipinski definition) is 1. The van der Waals surface area contributed by atoms with Crippen molar-refractivity contribution in [1.82, 2.24) is 0 Å². The summed E-state index contributed by atoms with van der Waals surface area (Å²) in [6.07, 6.45) is 0. The third-order valence-corrected chi connectivity index (χ3v) is 3.44. The number of esters is 1.